The van der Waals surface area contributed by atoms with E-state index < -0.39 is 10.0 Å². The number of likely N-dealkylation sites (tertiary alicyclic amines) is 1. The van der Waals surface area contributed by atoms with Gasteiger partial charge in [0.2, 0.25) is 15.9 Å². The molecule has 0 saturated carbocycles. The summed E-state index contributed by atoms with van der Waals surface area (Å²) in [7, 11) is -3.19. The Kier molecular flexibility index (Phi) is 7.85. The first-order chi connectivity index (χ1) is 14.3. The average Bonchev–Trinajstić information content (AvgIpc) is 2.74. The molecular formula is C21H32N4O4S. The summed E-state index contributed by atoms with van der Waals surface area (Å²) in [4.78, 5) is 31.1. The number of rotatable bonds is 7. The van der Waals surface area contributed by atoms with Gasteiger partial charge in [0.25, 0.3) is 5.91 Å². The van der Waals surface area contributed by atoms with Gasteiger partial charge in [-0.3, -0.25) is 14.5 Å². The molecule has 1 N–H and O–H groups in total. The molecule has 0 bridgehead atoms. The van der Waals surface area contributed by atoms with Crippen LogP contribution in [0.3, 0.4) is 0 Å². The van der Waals surface area contributed by atoms with Gasteiger partial charge in [0.15, 0.2) is 0 Å². The second-order valence-corrected chi connectivity index (χ2v) is 9.96. The van der Waals surface area contributed by atoms with Gasteiger partial charge < -0.3 is 9.80 Å². The van der Waals surface area contributed by atoms with Crippen molar-refractivity contribution in [2.24, 2.45) is 0 Å². The fourth-order valence-electron chi connectivity index (χ4n) is 3.92. The van der Waals surface area contributed by atoms with E-state index in [4.69, 9.17) is 0 Å². The first kappa shape index (κ1) is 22.7. The standard InChI is InChI=1S/C21H32N4O4S/c1-30(28,29)22-10-9-18-5-7-19(8-6-18)21(27)25-15-13-23(14-16-25)17-20(26)24-11-3-2-4-12-24/h5-8,22H,2-4,9-17H2,1H3. The number of hydrogen-bond acceptors (Lipinski definition) is 5. The van der Waals surface area contributed by atoms with E-state index in [-0.39, 0.29) is 11.8 Å². The van der Waals surface area contributed by atoms with Crippen LogP contribution in [-0.4, -0.2) is 93.5 Å². The van der Waals surface area contributed by atoms with Crippen LogP contribution in [-0.2, 0) is 21.2 Å². The van der Waals surface area contributed by atoms with Gasteiger partial charge in [-0.05, 0) is 43.4 Å². The smallest absolute Gasteiger partial charge is 0.253 e. The SMILES string of the molecule is CS(=O)(=O)NCCc1ccc(C(=O)N2CCN(CC(=O)N3CCCCC3)CC2)cc1. The lowest BCUT2D eigenvalue weighted by atomic mass is 10.1. The Labute approximate surface area is 179 Å². The largest absolute Gasteiger partial charge is 0.342 e. The van der Waals surface area contributed by atoms with Gasteiger partial charge in [-0.2, -0.15) is 0 Å². The van der Waals surface area contributed by atoms with Crippen molar-refractivity contribution < 1.29 is 18.0 Å². The predicted octanol–water partition coefficient (Wildman–Crippen LogP) is 0.549. The molecule has 0 radical (unpaired) electrons. The van der Waals surface area contributed by atoms with E-state index in [9.17, 15) is 18.0 Å². The first-order valence-corrected chi connectivity index (χ1v) is 12.5. The molecule has 1 aromatic rings. The molecule has 30 heavy (non-hydrogen) atoms. The summed E-state index contributed by atoms with van der Waals surface area (Å²) in [6.07, 6.45) is 5.12. The molecule has 2 amide bonds. The summed E-state index contributed by atoms with van der Waals surface area (Å²) in [5.41, 5.74) is 1.61. The maximum Gasteiger partial charge on any atom is 0.253 e. The average molecular weight is 437 g/mol. The van der Waals surface area contributed by atoms with Crippen molar-refractivity contribution in [2.75, 3.05) is 58.6 Å². The number of amides is 2. The summed E-state index contributed by atoms with van der Waals surface area (Å²) in [5.74, 6) is 0.202. The first-order valence-electron chi connectivity index (χ1n) is 10.6. The molecular weight excluding hydrogens is 404 g/mol. The normalized spacial score (nSPS) is 18.4. The van der Waals surface area contributed by atoms with Crippen LogP contribution in [0.25, 0.3) is 0 Å². The summed E-state index contributed by atoms with van der Waals surface area (Å²) < 4.78 is 24.7. The van der Waals surface area contributed by atoms with Crippen LogP contribution in [0.4, 0.5) is 0 Å². The van der Waals surface area contributed by atoms with Crippen molar-refractivity contribution in [3.05, 3.63) is 35.4 Å². The van der Waals surface area contributed by atoms with Crippen LogP contribution in [0.5, 0.6) is 0 Å². The van der Waals surface area contributed by atoms with Crippen molar-refractivity contribution in [1.29, 1.82) is 0 Å². The molecule has 0 spiro atoms. The lowest BCUT2D eigenvalue weighted by Crippen LogP contribution is -2.52. The van der Waals surface area contributed by atoms with Crippen LogP contribution in [0.2, 0.25) is 0 Å². The van der Waals surface area contributed by atoms with E-state index >= 15 is 0 Å². The van der Waals surface area contributed by atoms with Crippen LogP contribution < -0.4 is 4.72 Å². The van der Waals surface area contributed by atoms with Gasteiger partial charge in [-0.15, -0.1) is 0 Å². The Morgan fingerprint density at radius 3 is 2.13 bits per heavy atom. The van der Waals surface area contributed by atoms with Gasteiger partial charge in [-0.1, -0.05) is 12.1 Å². The molecule has 0 aromatic heterocycles. The quantitative estimate of drug-likeness (QED) is 0.674. The van der Waals surface area contributed by atoms with Gasteiger partial charge in [0.1, 0.15) is 0 Å². The van der Waals surface area contributed by atoms with E-state index in [1.807, 2.05) is 21.9 Å². The molecule has 3 rings (SSSR count). The fourth-order valence-corrected chi connectivity index (χ4v) is 4.39. The summed E-state index contributed by atoms with van der Waals surface area (Å²) in [6.45, 7) is 5.18. The minimum absolute atomic E-state index is 0.00202. The van der Waals surface area contributed by atoms with Gasteiger partial charge >= 0.3 is 0 Å². The Balaban J connectivity index is 1.43. The van der Waals surface area contributed by atoms with E-state index in [1.165, 1.54) is 6.42 Å². The fraction of sp³-hybridized carbons (Fsp3) is 0.619. The van der Waals surface area contributed by atoms with E-state index in [0.717, 1.165) is 37.8 Å². The molecule has 1 aromatic carbocycles. The lowest BCUT2D eigenvalue weighted by molar-refractivity contribution is -0.133. The molecule has 8 nitrogen and oxygen atoms in total. The highest BCUT2D eigenvalue weighted by Crippen LogP contribution is 2.13. The summed E-state index contributed by atoms with van der Waals surface area (Å²) in [5, 5.41) is 0. The van der Waals surface area contributed by atoms with E-state index in [0.29, 0.717) is 51.3 Å². The van der Waals surface area contributed by atoms with Gasteiger partial charge in [-0.25, -0.2) is 13.1 Å². The predicted molar refractivity (Wildman–Crippen MR) is 116 cm³/mol. The summed E-state index contributed by atoms with van der Waals surface area (Å²) >= 11 is 0. The molecule has 9 heteroatoms. The third kappa shape index (κ3) is 6.78. The number of benzene rings is 1. The minimum Gasteiger partial charge on any atom is -0.342 e. The van der Waals surface area contributed by atoms with E-state index in [1.54, 1.807) is 12.1 Å². The zero-order chi connectivity index (χ0) is 21.6. The zero-order valence-corrected chi connectivity index (χ0v) is 18.5. The highest BCUT2D eigenvalue weighted by atomic mass is 32.2. The molecule has 2 fully saturated rings. The number of sulfonamides is 1. The third-order valence-electron chi connectivity index (χ3n) is 5.71. The lowest BCUT2D eigenvalue weighted by Gasteiger charge is -2.36. The number of carbonyl (C=O) groups is 2. The van der Waals surface area contributed by atoms with Crippen LogP contribution in [0.15, 0.2) is 24.3 Å². The second kappa shape index (κ2) is 10.4. The van der Waals surface area contributed by atoms with Crippen molar-refractivity contribution in [2.45, 2.75) is 25.7 Å². The highest BCUT2D eigenvalue weighted by molar-refractivity contribution is 7.88. The maximum absolute atomic E-state index is 12.8. The number of carbonyl (C=O) groups excluding carboxylic acids is 2. The topological polar surface area (TPSA) is 90.0 Å². The second-order valence-electron chi connectivity index (χ2n) is 8.12. The number of piperazine rings is 1. The Morgan fingerprint density at radius 1 is 0.900 bits per heavy atom. The Hall–Kier alpha value is -1.97. The zero-order valence-electron chi connectivity index (χ0n) is 17.7. The number of nitrogens with zero attached hydrogens (tertiary/aromatic N) is 3. The molecule has 2 heterocycles. The van der Waals surface area contributed by atoms with Crippen molar-refractivity contribution in [3.63, 3.8) is 0 Å². The molecule has 2 aliphatic heterocycles. The number of piperidine rings is 1. The molecule has 166 valence electrons. The van der Waals surface area contributed by atoms with Crippen molar-refractivity contribution >= 4 is 21.8 Å². The molecule has 2 saturated heterocycles. The molecule has 2 aliphatic rings. The van der Waals surface area contributed by atoms with Crippen LogP contribution in [0.1, 0.15) is 35.2 Å². The van der Waals surface area contributed by atoms with E-state index in [2.05, 4.69) is 9.62 Å². The van der Waals surface area contributed by atoms with Gasteiger partial charge in [0.05, 0.1) is 12.8 Å². The highest BCUT2D eigenvalue weighted by Gasteiger charge is 2.25. The molecule has 0 aliphatic carbocycles. The Morgan fingerprint density at radius 2 is 1.53 bits per heavy atom. The summed E-state index contributed by atoms with van der Waals surface area (Å²) in [6, 6.07) is 7.32. The number of hydrogen-bond donors (Lipinski definition) is 1. The molecule has 0 atom stereocenters. The molecule has 0 unspecified atom stereocenters. The van der Waals surface area contributed by atoms with Gasteiger partial charge in [0, 0.05) is 51.4 Å². The minimum atomic E-state index is -3.19. The van der Waals surface area contributed by atoms with Crippen molar-refractivity contribution in [3.8, 4) is 0 Å². The number of nitrogens with one attached hydrogen (secondary N) is 1. The third-order valence-corrected chi connectivity index (χ3v) is 6.43. The maximum atomic E-state index is 12.8. The van der Waals surface area contributed by atoms with Crippen LogP contribution >= 0.6 is 0 Å². The Bertz CT molecular complexity index is 827. The van der Waals surface area contributed by atoms with Crippen LogP contribution in [0, 0.1) is 0 Å². The van der Waals surface area contributed by atoms with Crippen molar-refractivity contribution in [1.82, 2.24) is 19.4 Å². The monoisotopic (exact) mass is 436 g/mol.